The Balaban J connectivity index is 1.64. The molecule has 2 N–H and O–H groups in total. The molecular weight excluding hydrogens is 232 g/mol. The molecule has 19 heavy (non-hydrogen) atoms. The molecule has 98 valence electrons. The summed E-state index contributed by atoms with van der Waals surface area (Å²) in [4.78, 5) is 2.51. The van der Waals surface area contributed by atoms with Gasteiger partial charge in [-0.3, -0.25) is 4.90 Å². The molecule has 0 amide bonds. The van der Waals surface area contributed by atoms with Crippen molar-refractivity contribution in [2.45, 2.75) is 18.9 Å². The Morgan fingerprint density at radius 1 is 1.05 bits per heavy atom. The van der Waals surface area contributed by atoms with Crippen molar-refractivity contribution in [1.82, 2.24) is 4.90 Å². The largest absolute Gasteiger partial charge is 0.399 e. The second kappa shape index (κ2) is 5.06. The molecule has 0 bridgehead atoms. The van der Waals surface area contributed by atoms with E-state index < -0.39 is 0 Å². The molecule has 2 aromatic rings. The molecule has 0 aliphatic carbocycles. The number of hydrogen-bond acceptors (Lipinski definition) is 2. The number of nitrogens with two attached hydrogens (primary N) is 1. The standard InChI is InChI=1S/C17H20N2/c1-13(15-8-5-9-17(18)10-15)19-11-16(12-19)14-6-3-2-4-7-14/h2-10,13,16H,11-12,18H2,1H3. The Morgan fingerprint density at radius 3 is 2.47 bits per heavy atom. The van der Waals surface area contributed by atoms with Crippen molar-refractivity contribution in [3.05, 3.63) is 65.7 Å². The molecule has 2 nitrogen and oxygen atoms in total. The molecule has 1 aliphatic heterocycles. The van der Waals surface area contributed by atoms with Crippen LogP contribution < -0.4 is 5.73 Å². The highest BCUT2D eigenvalue weighted by molar-refractivity contribution is 5.41. The summed E-state index contributed by atoms with van der Waals surface area (Å²) < 4.78 is 0. The van der Waals surface area contributed by atoms with Gasteiger partial charge in [0.15, 0.2) is 0 Å². The van der Waals surface area contributed by atoms with E-state index in [9.17, 15) is 0 Å². The van der Waals surface area contributed by atoms with Gasteiger partial charge in [-0.25, -0.2) is 0 Å². The number of rotatable bonds is 3. The second-order valence-corrected chi connectivity index (χ2v) is 5.41. The van der Waals surface area contributed by atoms with Crippen molar-refractivity contribution >= 4 is 5.69 Å². The monoisotopic (exact) mass is 252 g/mol. The molecule has 1 atom stereocenters. The molecular formula is C17H20N2. The van der Waals surface area contributed by atoms with E-state index in [1.807, 2.05) is 12.1 Å². The Bertz CT molecular complexity index is 544. The molecule has 1 aliphatic rings. The van der Waals surface area contributed by atoms with Crippen LogP contribution in [0, 0.1) is 0 Å². The third-order valence-electron chi connectivity index (χ3n) is 4.12. The van der Waals surface area contributed by atoms with Crippen LogP contribution in [0.3, 0.4) is 0 Å². The Kier molecular flexibility index (Phi) is 3.26. The maximum absolute atomic E-state index is 5.86. The summed E-state index contributed by atoms with van der Waals surface area (Å²) in [6.45, 7) is 4.54. The van der Waals surface area contributed by atoms with Gasteiger partial charge in [0, 0.05) is 30.7 Å². The number of nitrogens with zero attached hydrogens (tertiary/aromatic N) is 1. The molecule has 3 rings (SSSR count). The molecule has 0 radical (unpaired) electrons. The summed E-state index contributed by atoms with van der Waals surface area (Å²) in [5.74, 6) is 0.685. The minimum atomic E-state index is 0.448. The predicted octanol–water partition coefficient (Wildman–Crippen LogP) is 3.43. The fourth-order valence-electron chi connectivity index (χ4n) is 2.79. The fourth-order valence-corrected chi connectivity index (χ4v) is 2.79. The highest BCUT2D eigenvalue weighted by Gasteiger charge is 2.31. The van der Waals surface area contributed by atoms with Crippen molar-refractivity contribution in [3.63, 3.8) is 0 Å². The predicted molar refractivity (Wildman–Crippen MR) is 80.0 cm³/mol. The molecule has 0 spiro atoms. The lowest BCUT2D eigenvalue weighted by Gasteiger charge is -2.43. The van der Waals surface area contributed by atoms with Gasteiger partial charge in [0.1, 0.15) is 0 Å². The van der Waals surface area contributed by atoms with Crippen LogP contribution >= 0.6 is 0 Å². The summed E-state index contributed by atoms with van der Waals surface area (Å²) >= 11 is 0. The highest BCUT2D eigenvalue weighted by atomic mass is 15.2. The van der Waals surface area contributed by atoms with Crippen molar-refractivity contribution in [3.8, 4) is 0 Å². The van der Waals surface area contributed by atoms with Gasteiger partial charge in [-0.15, -0.1) is 0 Å². The fraction of sp³-hybridized carbons (Fsp3) is 0.294. The van der Waals surface area contributed by atoms with E-state index in [1.54, 1.807) is 0 Å². The zero-order valence-corrected chi connectivity index (χ0v) is 11.3. The quantitative estimate of drug-likeness (QED) is 0.848. The molecule has 2 heteroatoms. The van der Waals surface area contributed by atoms with Crippen LogP contribution in [0.15, 0.2) is 54.6 Å². The summed E-state index contributed by atoms with van der Waals surface area (Å²) in [7, 11) is 0. The van der Waals surface area contributed by atoms with Crippen LogP contribution in [-0.4, -0.2) is 18.0 Å². The number of likely N-dealkylation sites (tertiary alicyclic amines) is 1. The van der Waals surface area contributed by atoms with Gasteiger partial charge in [-0.1, -0.05) is 42.5 Å². The van der Waals surface area contributed by atoms with Gasteiger partial charge in [0.05, 0.1) is 0 Å². The maximum atomic E-state index is 5.86. The van der Waals surface area contributed by atoms with Gasteiger partial charge in [0.25, 0.3) is 0 Å². The van der Waals surface area contributed by atoms with Crippen molar-refractivity contribution in [2.75, 3.05) is 18.8 Å². The van der Waals surface area contributed by atoms with E-state index in [1.165, 1.54) is 11.1 Å². The highest BCUT2D eigenvalue weighted by Crippen LogP contribution is 2.34. The molecule has 0 saturated carbocycles. The zero-order valence-electron chi connectivity index (χ0n) is 11.3. The Morgan fingerprint density at radius 2 is 1.79 bits per heavy atom. The molecule has 1 saturated heterocycles. The van der Waals surface area contributed by atoms with E-state index in [0.29, 0.717) is 12.0 Å². The van der Waals surface area contributed by atoms with Crippen LogP contribution in [0.1, 0.15) is 30.0 Å². The lowest BCUT2D eigenvalue weighted by molar-refractivity contribution is 0.101. The van der Waals surface area contributed by atoms with E-state index in [4.69, 9.17) is 5.73 Å². The number of nitrogen functional groups attached to an aromatic ring is 1. The first kappa shape index (κ1) is 12.2. The minimum Gasteiger partial charge on any atom is -0.399 e. The van der Waals surface area contributed by atoms with Crippen molar-refractivity contribution < 1.29 is 0 Å². The van der Waals surface area contributed by atoms with Gasteiger partial charge in [-0.2, -0.15) is 0 Å². The Labute approximate surface area is 114 Å². The third kappa shape index (κ3) is 2.49. The number of hydrogen-bond donors (Lipinski definition) is 1. The SMILES string of the molecule is CC(c1cccc(N)c1)N1CC(c2ccccc2)C1. The van der Waals surface area contributed by atoms with Crippen LogP contribution in [0.2, 0.25) is 0 Å². The Hall–Kier alpha value is -1.80. The van der Waals surface area contributed by atoms with Crippen LogP contribution in [-0.2, 0) is 0 Å². The lowest BCUT2D eigenvalue weighted by atomic mass is 9.89. The average molecular weight is 252 g/mol. The van der Waals surface area contributed by atoms with Crippen molar-refractivity contribution in [2.24, 2.45) is 0 Å². The second-order valence-electron chi connectivity index (χ2n) is 5.41. The van der Waals surface area contributed by atoms with Crippen LogP contribution in [0.25, 0.3) is 0 Å². The van der Waals surface area contributed by atoms with Crippen LogP contribution in [0.4, 0.5) is 5.69 Å². The summed E-state index contributed by atoms with van der Waals surface area (Å²) in [6, 6.07) is 19.5. The van der Waals surface area contributed by atoms with E-state index in [-0.39, 0.29) is 0 Å². The van der Waals surface area contributed by atoms with Gasteiger partial charge in [0.2, 0.25) is 0 Å². The summed E-state index contributed by atoms with van der Waals surface area (Å²) in [6.07, 6.45) is 0. The maximum Gasteiger partial charge on any atom is 0.0321 e. The molecule has 1 heterocycles. The molecule has 1 unspecified atom stereocenters. The first-order chi connectivity index (χ1) is 9.24. The van der Waals surface area contributed by atoms with E-state index in [0.717, 1.165) is 18.8 Å². The lowest BCUT2D eigenvalue weighted by Crippen LogP contribution is -2.46. The first-order valence-corrected chi connectivity index (χ1v) is 6.88. The zero-order chi connectivity index (χ0) is 13.2. The normalized spacial score (nSPS) is 17.9. The van der Waals surface area contributed by atoms with Gasteiger partial charge < -0.3 is 5.73 Å². The topological polar surface area (TPSA) is 29.3 Å². The molecule has 1 fully saturated rings. The van der Waals surface area contributed by atoms with E-state index in [2.05, 4.69) is 54.3 Å². The molecule has 0 aromatic heterocycles. The first-order valence-electron chi connectivity index (χ1n) is 6.88. The third-order valence-corrected chi connectivity index (χ3v) is 4.12. The summed E-state index contributed by atoms with van der Waals surface area (Å²) in [5.41, 5.74) is 9.48. The van der Waals surface area contributed by atoms with Gasteiger partial charge in [-0.05, 0) is 30.2 Å². The average Bonchev–Trinajstić information content (AvgIpc) is 2.38. The minimum absolute atomic E-state index is 0.448. The van der Waals surface area contributed by atoms with Gasteiger partial charge >= 0.3 is 0 Å². The summed E-state index contributed by atoms with van der Waals surface area (Å²) in [5, 5.41) is 0. The van der Waals surface area contributed by atoms with Crippen molar-refractivity contribution in [1.29, 1.82) is 0 Å². The van der Waals surface area contributed by atoms with Crippen LogP contribution in [0.5, 0.6) is 0 Å². The number of anilines is 1. The van der Waals surface area contributed by atoms with E-state index >= 15 is 0 Å². The molecule has 2 aromatic carbocycles. The smallest absolute Gasteiger partial charge is 0.0321 e. The number of benzene rings is 2.